The third-order valence-corrected chi connectivity index (χ3v) is 5.17. The summed E-state index contributed by atoms with van der Waals surface area (Å²) in [6.07, 6.45) is 1.91. The van der Waals surface area contributed by atoms with Crippen LogP contribution in [0.3, 0.4) is 0 Å². The maximum Gasteiger partial charge on any atom is 0.275 e. The van der Waals surface area contributed by atoms with E-state index in [0.717, 1.165) is 43.3 Å². The van der Waals surface area contributed by atoms with Crippen LogP contribution in [0.1, 0.15) is 26.0 Å². The van der Waals surface area contributed by atoms with E-state index < -0.39 is 0 Å². The fourth-order valence-electron chi connectivity index (χ4n) is 2.69. The number of aromatic nitrogens is 3. The third kappa shape index (κ3) is 2.67. The average molecular weight is 307 g/mol. The van der Waals surface area contributed by atoms with Crippen molar-refractivity contribution in [2.24, 2.45) is 0 Å². The molecule has 0 radical (unpaired) electrons. The molecule has 6 nitrogen and oxygen atoms in total. The number of hydrogen-bond acceptors (Lipinski definition) is 6. The van der Waals surface area contributed by atoms with Crippen LogP contribution in [-0.4, -0.2) is 52.2 Å². The summed E-state index contributed by atoms with van der Waals surface area (Å²) in [6, 6.07) is 2.15. The van der Waals surface area contributed by atoms with E-state index in [4.69, 9.17) is 0 Å². The molecule has 0 aliphatic carbocycles. The second-order valence-corrected chi connectivity index (χ2v) is 6.41. The van der Waals surface area contributed by atoms with E-state index in [1.165, 1.54) is 15.9 Å². The van der Waals surface area contributed by atoms with E-state index in [1.54, 1.807) is 6.07 Å². The molecule has 1 aliphatic rings. The van der Waals surface area contributed by atoms with Gasteiger partial charge in [0.2, 0.25) is 10.1 Å². The standard InChI is InChI=1S/C14H21N5OS/c1-4-10-8-12(20)19-13(15-10)21-14(16-19)18-7-6-11(9-18)17(3)5-2/h8,11H,4-7,9H2,1-3H3. The van der Waals surface area contributed by atoms with Gasteiger partial charge in [0, 0.05) is 30.9 Å². The van der Waals surface area contributed by atoms with Gasteiger partial charge in [0.15, 0.2) is 0 Å². The van der Waals surface area contributed by atoms with Crippen LogP contribution in [-0.2, 0) is 6.42 Å². The van der Waals surface area contributed by atoms with E-state index in [2.05, 4.69) is 33.9 Å². The maximum atomic E-state index is 12.0. The van der Waals surface area contributed by atoms with Gasteiger partial charge in [0.05, 0.1) is 0 Å². The summed E-state index contributed by atoms with van der Waals surface area (Å²) in [4.78, 5) is 21.9. The topological polar surface area (TPSA) is 53.7 Å². The van der Waals surface area contributed by atoms with Crippen LogP contribution >= 0.6 is 11.3 Å². The van der Waals surface area contributed by atoms with Crippen molar-refractivity contribution >= 4 is 21.4 Å². The number of nitrogens with zero attached hydrogens (tertiary/aromatic N) is 5. The second-order valence-electron chi connectivity index (χ2n) is 5.48. The Labute approximate surface area is 128 Å². The van der Waals surface area contributed by atoms with Crippen LogP contribution in [0.15, 0.2) is 10.9 Å². The summed E-state index contributed by atoms with van der Waals surface area (Å²) < 4.78 is 1.43. The van der Waals surface area contributed by atoms with Crippen LogP contribution in [0, 0.1) is 0 Å². The Morgan fingerprint density at radius 2 is 2.29 bits per heavy atom. The minimum atomic E-state index is -0.0826. The van der Waals surface area contributed by atoms with E-state index >= 15 is 0 Å². The third-order valence-electron chi connectivity index (χ3n) is 4.21. The first-order valence-electron chi connectivity index (χ1n) is 7.47. The molecule has 0 aromatic carbocycles. The number of hydrogen-bond donors (Lipinski definition) is 0. The normalized spacial score (nSPS) is 19.0. The van der Waals surface area contributed by atoms with Crippen LogP contribution in [0.2, 0.25) is 0 Å². The quantitative estimate of drug-likeness (QED) is 0.851. The SMILES string of the molecule is CCc1cc(=O)n2nc(N3CCC(N(C)CC)C3)sc2n1. The first kappa shape index (κ1) is 14.5. The molecule has 0 bridgehead atoms. The van der Waals surface area contributed by atoms with Gasteiger partial charge < -0.3 is 9.80 Å². The zero-order chi connectivity index (χ0) is 15.0. The molecule has 2 aromatic heterocycles. The molecule has 1 atom stereocenters. The summed E-state index contributed by atoms with van der Waals surface area (Å²) in [5.41, 5.74) is 0.751. The highest BCUT2D eigenvalue weighted by Crippen LogP contribution is 2.26. The fraction of sp³-hybridized carbons (Fsp3) is 0.643. The number of aryl methyl sites for hydroxylation is 1. The molecule has 2 aromatic rings. The molecule has 0 spiro atoms. The molecule has 0 amide bonds. The highest BCUT2D eigenvalue weighted by atomic mass is 32.1. The highest BCUT2D eigenvalue weighted by Gasteiger charge is 2.27. The van der Waals surface area contributed by atoms with Gasteiger partial charge in [-0.05, 0) is 26.4 Å². The molecule has 1 unspecified atom stereocenters. The highest BCUT2D eigenvalue weighted by molar-refractivity contribution is 7.20. The maximum absolute atomic E-state index is 12.0. The lowest BCUT2D eigenvalue weighted by molar-refractivity contribution is 0.272. The number of anilines is 1. The Hall–Kier alpha value is -1.47. The van der Waals surface area contributed by atoms with Gasteiger partial charge in [-0.25, -0.2) is 4.98 Å². The minimum Gasteiger partial charge on any atom is -0.345 e. The molecule has 1 fully saturated rings. The van der Waals surface area contributed by atoms with E-state index in [1.807, 2.05) is 6.92 Å². The van der Waals surface area contributed by atoms with Gasteiger partial charge in [0.1, 0.15) is 0 Å². The van der Waals surface area contributed by atoms with Crippen LogP contribution < -0.4 is 10.5 Å². The molecule has 7 heteroatoms. The molecular weight excluding hydrogens is 286 g/mol. The lowest BCUT2D eigenvalue weighted by atomic mass is 10.2. The Morgan fingerprint density at radius 1 is 1.48 bits per heavy atom. The molecule has 1 saturated heterocycles. The molecule has 21 heavy (non-hydrogen) atoms. The van der Waals surface area contributed by atoms with Crippen molar-refractivity contribution in [3.05, 3.63) is 22.1 Å². The Kier molecular flexibility index (Phi) is 3.95. The average Bonchev–Trinajstić information content (AvgIpc) is 3.12. The minimum absolute atomic E-state index is 0.0826. The molecule has 3 heterocycles. The molecule has 114 valence electrons. The first-order valence-corrected chi connectivity index (χ1v) is 8.29. The Bertz CT molecular complexity index is 694. The van der Waals surface area contributed by atoms with Gasteiger partial charge in [0.25, 0.3) is 5.56 Å². The molecular formula is C14H21N5OS. The molecule has 0 N–H and O–H groups in total. The zero-order valence-electron chi connectivity index (χ0n) is 12.7. The predicted octanol–water partition coefficient (Wildman–Crippen LogP) is 1.24. The van der Waals surface area contributed by atoms with Gasteiger partial charge in [-0.2, -0.15) is 4.52 Å². The van der Waals surface area contributed by atoms with Crippen molar-refractivity contribution in [3.8, 4) is 0 Å². The van der Waals surface area contributed by atoms with Crippen LogP contribution in [0.5, 0.6) is 0 Å². The predicted molar refractivity (Wildman–Crippen MR) is 85.4 cm³/mol. The Balaban J connectivity index is 1.89. The van der Waals surface area contributed by atoms with Crippen molar-refractivity contribution in [3.63, 3.8) is 0 Å². The van der Waals surface area contributed by atoms with Crippen molar-refractivity contribution < 1.29 is 0 Å². The number of rotatable bonds is 4. The molecule has 0 saturated carbocycles. The summed E-state index contributed by atoms with van der Waals surface area (Å²) in [7, 11) is 2.16. The van der Waals surface area contributed by atoms with Gasteiger partial charge in [-0.15, -0.1) is 5.10 Å². The second kappa shape index (κ2) is 5.73. The van der Waals surface area contributed by atoms with Crippen molar-refractivity contribution in [1.29, 1.82) is 0 Å². The van der Waals surface area contributed by atoms with E-state index in [-0.39, 0.29) is 5.56 Å². The van der Waals surface area contributed by atoms with Crippen molar-refractivity contribution in [2.45, 2.75) is 32.7 Å². The van der Waals surface area contributed by atoms with E-state index in [0.29, 0.717) is 11.0 Å². The van der Waals surface area contributed by atoms with E-state index in [9.17, 15) is 4.79 Å². The Morgan fingerprint density at radius 3 is 3.00 bits per heavy atom. The summed E-state index contributed by atoms with van der Waals surface area (Å²) in [6.45, 7) is 7.20. The molecule has 1 aliphatic heterocycles. The monoisotopic (exact) mass is 307 g/mol. The summed E-state index contributed by atoms with van der Waals surface area (Å²) in [5.74, 6) is 0. The fourth-order valence-corrected chi connectivity index (χ4v) is 3.65. The van der Waals surface area contributed by atoms with Crippen molar-refractivity contribution in [1.82, 2.24) is 19.5 Å². The number of fused-ring (bicyclic) bond motifs is 1. The first-order chi connectivity index (χ1) is 10.1. The zero-order valence-corrected chi connectivity index (χ0v) is 13.6. The summed E-state index contributed by atoms with van der Waals surface area (Å²) in [5, 5.41) is 5.36. The van der Waals surface area contributed by atoms with Crippen LogP contribution in [0.25, 0.3) is 4.96 Å². The largest absolute Gasteiger partial charge is 0.345 e. The van der Waals surface area contributed by atoms with Gasteiger partial charge in [-0.3, -0.25) is 4.79 Å². The van der Waals surface area contributed by atoms with Gasteiger partial charge in [-0.1, -0.05) is 25.2 Å². The smallest absolute Gasteiger partial charge is 0.275 e. The molecule has 3 rings (SSSR count). The lowest BCUT2D eigenvalue weighted by Crippen LogP contribution is -2.34. The lowest BCUT2D eigenvalue weighted by Gasteiger charge is -2.22. The van der Waals surface area contributed by atoms with Crippen LogP contribution in [0.4, 0.5) is 5.13 Å². The van der Waals surface area contributed by atoms with Crippen molar-refractivity contribution in [2.75, 3.05) is 31.6 Å². The number of likely N-dealkylation sites (N-methyl/N-ethyl adjacent to an activating group) is 1. The van der Waals surface area contributed by atoms with Gasteiger partial charge >= 0.3 is 0 Å². The summed E-state index contributed by atoms with van der Waals surface area (Å²) >= 11 is 1.51.